The van der Waals surface area contributed by atoms with E-state index in [0.29, 0.717) is 22.2 Å². The van der Waals surface area contributed by atoms with Crippen molar-refractivity contribution in [3.05, 3.63) is 111 Å². The zero-order chi connectivity index (χ0) is 22.2. The van der Waals surface area contributed by atoms with Gasteiger partial charge < -0.3 is 10.3 Å². The van der Waals surface area contributed by atoms with Crippen LogP contribution in [0.15, 0.2) is 82.5 Å². The lowest BCUT2D eigenvalue weighted by atomic mass is 10.1. The number of halogens is 1. The molecule has 158 valence electrons. The molecular weight excluding hydrogens is 413 g/mol. The van der Waals surface area contributed by atoms with Crippen LogP contribution in [0.4, 0.5) is 10.1 Å². The molecule has 5 aromatic rings. The van der Waals surface area contributed by atoms with Gasteiger partial charge in [-0.15, -0.1) is 5.10 Å². The van der Waals surface area contributed by atoms with Crippen LogP contribution in [-0.2, 0) is 6.54 Å². The lowest BCUT2D eigenvalue weighted by Crippen LogP contribution is -2.21. The van der Waals surface area contributed by atoms with Gasteiger partial charge in [0.2, 0.25) is 5.56 Å². The number of rotatable bonds is 4. The van der Waals surface area contributed by atoms with Gasteiger partial charge in [0.15, 0.2) is 5.65 Å². The number of carbonyl (C=O) groups excluding carboxylic acids is 1. The van der Waals surface area contributed by atoms with Gasteiger partial charge in [0.05, 0.1) is 12.1 Å². The second-order valence-electron chi connectivity index (χ2n) is 7.26. The van der Waals surface area contributed by atoms with Crippen molar-refractivity contribution < 1.29 is 9.18 Å². The number of fused-ring (bicyclic) bond motifs is 2. The van der Waals surface area contributed by atoms with E-state index in [1.54, 1.807) is 42.6 Å². The van der Waals surface area contributed by atoms with Gasteiger partial charge in [-0.1, -0.05) is 18.2 Å². The van der Waals surface area contributed by atoms with Crippen LogP contribution in [0, 0.1) is 5.82 Å². The first-order chi connectivity index (χ1) is 15.5. The van der Waals surface area contributed by atoms with E-state index < -0.39 is 17.3 Å². The number of hydrogen-bond donors (Lipinski definition) is 2. The maximum atomic E-state index is 13.7. The van der Waals surface area contributed by atoms with Crippen LogP contribution in [0.25, 0.3) is 16.6 Å². The number of aromatic amines is 1. The Morgan fingerprint density at radius 1 is 1.03 bits per heavy atom. The molecule has 0 unspecified atom stereocenters. The average molecular weight is 429 g/mol. The molecule has 32 heavy (non-hydrogen) atoms. The van der Waals surface area contributed by atoms with Crippen molar-refractivity contribution in [3.8, 4) is 0 Å². The average Bonchev–Trinajstić information content (AvgIpc) is 3.09. The predicted octanol–water partition coefficient (Wildman–Crippen LogP) is 2.78. The summed E-state index contributed by atoms with van der Waals surface area (Å²) in [6.45, 7) is 0.212. The van der Waals surface area contributed by atoms with Crippen LogP contribution < -0.4 is 16.6 Å². The summed E-state index contributed by atoms with van der Waals surface area (Å²) in [5.41, 5.74) is 1.44. The molecule has 2 aromatic carbocycles. The number of hydrogen-bond acceptors (Lipinski definition) is 4. The van der Waals surface area contributed by atoms with Crippen molar-refractivity contribution in [2.24, 2.45) is 0 Å². The van der Waals surface area contributed by atoms with Crippen LogP contribution in [0.5, 0.6) is 0 Å². The zero-order valence-electron chi connectivity index (χ0n) is 16.6. The predicted molar refractivity (Wildman–Crippen MR) is 117 cm³/mol. The van der Waals surface area contributed by atoms with Crippen molar-refractivity contribution in [2.75, 3.05) is 5.32 Å². The highest BCUT2D eigenvalue weighted by Gasteiger charge is 2.14. The van der Waals surface area contributed by atoms with Crippen molar-refractivity contribution >= 4 is 28.1 Å². The van der Waals surface area contributed by atoms with E-state index in [0.717, 1.165) is 11.6 Å². The summed E-state index contributed by atoms with van der Waals surface area (Å²) in [5, 5.41) is 7.34. The van der Waals surface area contributed by atoms with Gasteiger partial charge in [0.25, 0.3) is 5.91 Å². The summed E-state index contributed by atoms with van der Waals surface area (Å²) >= 11 is 0. The SMILES string of the molecule is O=C(Nc1cccc(Cn2nc3ccccn3c2=O)c1)c1cc(=O)[nH]c2ccc(F)cc12. The van der Waals surface area contributed by atoms with Crippen molar-refractivity contribution in [1.82, 2.24) is 19.2 Å². The Kier molecular flexibility index (Phi) is 4.63. The highest BCUT2D eigenvalue weighted by Crippen LogP contribution is 2.19. The number of anilines is 1. The topological polar surface area (TPSA) is 101 Å². The molecule has 0 saturated carbocycles. The fourth-order valence-electron chi connectivity index (χ4n) is 3.60. The van der Waals surface area contributed by atoms with Crippen LogP contribution >= 0.6 is 0 Å². The van der Waals surface area contributed by atoms with Gasteiger partial charge in [0, 0.05) is 28.9 Å². The molecule has 0 atom stereocenters. The van der Waals surface area contributed by atoms with Gasteiger partial charge in [-0.05, 0) is 48.0 Å². The first kappa shape index (κ1) is 19.4. The molecule has 0 bridgehead atoms. The fourth-order valence-corrected chi connectivity index (χ4v) is 3.60. The molecule has 3 aromatic heterocycles. The molecule has 9 heteroatoms. The molecule has 3 heterocycles. The van der Waals surface area contributed by atoms with E-state index in [2.05, 4.69) is 15.4 Å². The first-order valence-electron chi connectivity index (χ1n) is 9.75. The minimum Gasteiger partial charge on any atom is -0.322 e. The molecule has 0 saturated heterocycles. The normalized spacial score (nSPS) is 11.2. The number of carbonyl (C=O) groups is 1. The van der Waals surface area contributed by atoms with E-state index in [1.807, 2.05) is 6.07 Å². The molecule has 0 aliphatic heterocycles. The van der Waals surface area contributed by atoms with Gasteiger partial charge >= 0.3 is 5.69 Å². The molecule has 0 fully saturated rings. The summed E-state index contributed by atoms with van der Waals surface area (Å²) in [6, 6.07) is 17.2. The molecule has 1 amide bonds. The molecule has 8 nitrogen and oxygen atoms in total. The summed E-state index contributed by atoms with van der Waals surface area (Å²) < 4.78 is 16.5. The smallest absolute Gasteiger partial charge is 0.322 e. The third kappa shape index (κ3) is 3.56. The zero-order valence-corrected chi connectivity index (χ0v) is 16.6. The highest BCUT2D eigenvalue weighted by atomic mass is 19.1. The largest absolute Gasteiger partial charge is 0.350 e. The first-order valence-corrected chi connectivity index (χ1v) is 9.75. The second kappa shape index (κ2) is 7.62. The number of benzene rings is 2. The Hall–Kier alpha value is -4.53. The minimum atomic E-state index is -0.547. The Morgan fingerprint density at radius 3 is 2.75 bits per heavy atom. The number of nitrogens with zero attached hydrogens (tertiary/aromatic N) is 3. The van der Waals surface area contributed by atoms with E-state index in [-0.39, 0.29) is 17.8 Å². The maximum Gasteiger partial charge on any atom is 0.350 e. The van der Waals surface area contributed by atoms with E-state index in [9.17, 15) is 18.8 Å². The van der Waals surface area contributed by atoms with Crippen LogP contribution in [-0.4, -0.2) is 25.1 Å². The molecule has 2 N–H and O–H groups in total. The Balaban J connectivity index is 1.44. The Bertz CT molecular complexity index is 1620. The molecule has 0 radical (unpaired) electrons. The maximum absolute atomic E-state index is 13.7. The van der Waals surface area contributed by atoms with Crippen LogP contribution in [0.2, 0.25) is 0 Å². The van der Waals surface area contributed by atoms with E-state index >= 15 is 0 Å². The van der Waals surface area contributed by atoms with Crippen molar-refractivity contribution in [3.63, 3.8) is 0 Å². The third-order valence-corrected chi connectivity index (χ3v) is 5.06. The third-order valence-electron chi connectivity index (χ3n) is 5.06. The van der Waals surface area contributed by atoms with Gasteiger partial charge in [0.1, 0.15) is 5.82 Å². The van der Waals surface area contributed by atoms with E-state index in [4.69, 9.17) is 0 Å². The number of aromatic nitrogens is 4. The summed E-state index contributed by atoms with van der Waals surface area (Å²) in [5.74, 6) is -1.06. The van der Waals surface area contributed by atoms with Crippen molar-refractivity contribution in [1.29, 1.82) is 0 Å². The monoisotopic (exact) mass is 429 g/mol. The van der Waals surface area contributed by atoms with Gasteiger partial charge in [-0.3, -0.25) is 14.0 Å². The number of nitrogens with one attached hydrogen (secondary N) is 2. The molecular formula is C23H16FN5O3. The van der Waals surface area contributed by atoms with Crippen molar-refractivity contribution in [2.45, 2.75) is 6.54 Å². The summed E-state index contributed by atoms with van der Waals surface area (Å²) in [6.07, 6.45) is 1.65. The number of amides is 1. The van der Waals surface area contributed by atoms with Gasteiger partial charge in [-0.25, -0.2) is 13.9 Å². The van der Waals surface area contributed by atoms with Crippen LogP contribution in [0.1, 0.15) is 15.9 Å². The summed E-state index contributed by atoms with van der Waals surface area (Å²) in [4.78, 5) is 39.9. The van der Waals surface area contributed by atoms with Gasteiger partial charge in [-0.2, -0.15) is 0 Å². The standard InChI is InChI=1S/C23H16FN5O3/c24-15-7-8-19-17(11-15)18(12-21(30)26-19)22(31)25-16-5-3-4-14(10-16)13-29-23(32)28-9-2-1-6-20(28)27-29/h1-12H,13H2,(H,25,31)(H,26,30). The summed E-state index contributed by atoms with van der Waals surface area (Å²) in [7, 11) is 0. The lowest BCUT2D eigenvalue weighted by Gasteiger charge is -2.09. The number of pyridine rings is 2. The molecule has 5 rings (SSSR count). The second-order valence-corrected chi connectivity index (χ2v) is 7.26. The highest BCUT2D eigenvalue weighted by molar-refractivity contribution is 6.12. The quantitative estimate of drug-likeness (QED) is 0.459. The molecule has 0 aliphatic rings. The van der Waals surface area contributed by atoms with E-state index in [1.165, 1.54) is 27.3 Å². The Morgan fingerprint density at radius 2 is 1.91 bits per heavy atom. The minimum absolute atomic E-state index is 0.0604. The number of H-pyrrole nitrogens is 1. The lowest BCUT2D eigenvalue weighted by molar-refractivity contribution is 0.102. The molecule has 0 spiro atoms. The van der Waals surface area contributed by atoms with Crippen LogP contribution in [0.3, 0.4) is 0 Å². The fraction of sp³-hybridized carbons (Fsp3) is 0.0435. The Labute approximate surface area is 179 Å². The molecule has 0 aliphatic carbocycles.